The number of rotatable bonds is 4. The molecule has 2 aliphatic rings. The third-order valence-electron chi connectivity index (χ3n) is 6.41. The first-order valence-corrected chi connectivity index (χ1v) is 11.7. The summed E-state index contributed by atoms with van der Waals surface area (Å²) in [5, 5.41) is 7.21. The van der Waals surface area contributed by atoms with Crippen molar-refractivity contribution in [3.8, 4) is 11.5 Å². The van der Waals surface area contributed by atoms with Crippen LogP contribution < -0.4 is 20.1 Å². The molecule has 33 heavy (non-hydrogen) atoms. The number of carbonyl (C=O) groups excluding carboxylic acids is 1. The van der Waals surface area contributed by atoms with Crippen molar-refractivity contribution >= 4 is 33.1 Å². The van der Waals surface area contributed by atoms with Gasteiger partial charge >= 0.3 is 0 Å². The van der Waals surface area contributed by atoms with E-state index in [1.165, 1.54) is 0 Å². The summed E-state index contributed by atoms with van der Waals surface area (Å²) >= 11 is 3.60. The minimum Gasteiger partial charge on any atom is -0.497 e. The van der Waals surface area contributed by atoms with E-state index in [0.29, 0.717) is 6.42 Å². The van der Waals surface area contributed by atoms with Crippen molar-refractivity contribution in [2.45, 2.75) is 24.8 Å². The fraction of sp³-hybridized carbons (Fsp3) is 0.222. The number of methoxy groups -OCH3 is 2. The smallest absolute Gasteiger partial charge is 0.163 e. The molecule has 2 N–H and O–H groups in total. The molecule has 1 aliphatic heterocycles. The minimum absolute atomic E-state index is 0.114. The molecule has 0 radical (unpaired) electrons. The van der Waals surface area contributed by atoms with Crippen molar-refractivity contribution in [2.24, 2.45) is 0 Å². The van der Waals surface area contributed by atoms with Crippen molar-refractivity contribution in [3.05, 3.63) is 93.6 Å². The second-order valence-corrected chi connectivity index (χ2v) is 9.19. The maximum Gasteiger partial charge on any atom is 0.163 e. The summed E-state index contributed by atoms with van der Waals surface area (Å²) in [5.74, 6) is 1.84. The molecule has 0 bridgehead atoms. The van der Waals surface area contributed by atoms with Crippen LogP contribution in [0.2, 0.25) is 0 Å². The lowest BCUT2D eigenvalue weighted by atomic mass is 9.78. The monoisotopic (exact) mass is 504 g/mol. The molecule has 5 nitrogen and oxygen atoms in total. The molecule has 0 saturated heterocycles. The maximum atomic E-state index is 13.6. The zero-order valence-electron chi connectivity index (χ0n) is 18.5. The van der Waals surface area contributed by atoms with Crippen LogP contribution >= 0.6 is 15.9 Å². The summed E-state index contributed by atoms with van der Waals surface area (Å²) in [7, 11) is 3.31. The third-order valence-corrected chi connectivity index (χ3v) is 7.03. The van der Waals surface area contributed by atoms with Gasteiger partial charge in [0.2, 0.25) is 0 Å². The lowest BCUT2D eigenvalue weighted by Crippen LogP contribution is -2.26. The number of hydrogen-bond acceptors (Lipinski definition) is 5. The minimum atomic E-state index is -0.261. The molecular formula is C27H25BrN2O3. The molecule has 0 saturated carbocycles. The molecule has 3 aromatic rings. The summed E-state index contributed by atoms with van der Waals surface area (Å²) in [6.07, 6.45) is 1.23. The lowest BCUT2D eigenvalue weighted by Gasteiger charge is -2.30. The predicted octanol–water partition coefficient (Wildman–Crippen LogP) is 6.45. The number of Topliss-reactive ketones (excluding diaryl/α,β-unsaturated/α-hetero) is 1. The van der Waals surface area contributed by atoms with Crippen LogP contribution in [0.1, 0.15) is 35.9 Å². The van der Waals surface area contributed by atoms with Crippen LogP contribution in [0.15, 0.2) is 82.5 Å². The molecular weight excluding hydrogens is 480 g/mol. The highest BCUT2D eigenvalue weighted by molar-refractivity contribution is 9.10. The highest BCUT2D eigenvalue weighted by Crippen LogP contribution is 2.45. The van der Waals surface area contributed by atoms with Gasteiger partial charge in [0.05, 0.1) is 36.1 Å². The Bertz CT molecular complexity index is 1240. The van der Waals surface area contributed by atoms with Crippen LogP contribution in [-0.4, -0.2) is 20.0 Å². The van der Waals surface area contributed by atoms with Crippen molar-refractivity contribution in [1.82, 2.24) is 0 Å². The summed E-state index contributed by atoms with van der Waals surface area (Å²) in [6, 6.07) is 21.8. The molecule has 0 amide bonds. The molecule has 5 rings (SSSR count). The van der Waals surface area contributed by atoms with E-state index in [0.717, 1.165) is 56.2 Å². The van der Waals surface area contributed by atoms with Crippen LogP contribution in [0.4, 0.5) is 11.4 Å². The largest absolute Gasteiger partial charge is 0.497 e. The van der Waals surface area contributed by atoms with Gasteiger partial charge in [0.15, 0.2) is 5.78 Å². The molecule has 0 aromatic heterocycles. The summed E-state index contributed by atoms with van der Waals surface area (Å²) < 4.78 is 11.6. The van der Waals surface area contributed by atoms with Gasteiger partial charge < -0.3 is 20.1 Å². The molecule has 6 heteroatoms. The van der Waals surface area contributed by atoms with E-state index >= 15 is 0 Å². The number of fused-ring (bicyclic) bond motifs is 1. The Morgan fingerprint density at radius 3 is 2.30 bits per heavy atom. The van der Waals surface area contributed by atoms with Gasteiger partial charge in [0.1, 0.15) is 11.5 Å². The van der Waals surface area contributed by atoms with E-state index in [1.807, 2.05) is 54.6 Å². The normalized spacial score (nSPS) is 19.5. The highest BCUT2D eigenvalue weighted by Gasteiger charge is 2.36. The first kappa shape index (κ1) is 21.6. The molecule has 168 valence electrons. The molecule has 0 fully saturated rings. The van der Waals surface area contributed by atoms with Gasteiger partial charge in [0.25, 0.3) is 0 Å². The summed E-state index contributed by atoms with van der Waals surface area (Å²) in [6.45, 7) is 0. The van der Waals surface area contributed by atoms with Crippen molar-refractivity contribution in [3.63, 3.8) is 0 Å². The van der Waals surface area contributed by atoms with Gasteiger partial charge in [-0.2, -0.15) is 0 Å². The number of ether oxygens (including phenoxy) is 2. The Morgan fingerprint density at radius 1 is 0.879 bits per heavy atom. The maximum absolute atomic E-state index is 13.6. The fourth-order valence-electron chi connectivity index (χ4n) is 4.72. The van der Waals surface area contributed by atoms with Crippen LogP contribution in [0.5, 0.6) is 11.5 Å². The number of para-hydroxylation sites is 2. The second-order valence-electron chi connectivity index (χ2n) is 8.34. The van der Waals surface area contributed by atoms with Crippen LogP contribution in [0.25, 0.3) is 0 Å². The molecule has 3 aromatic carbocycles. The molecule has 1 heterocycles. The standard InChI is InChI=1S/C27H25BrN2O3/c1-32-19-10-7-16(8-11-19)18-14-23-26(24(31)15-18)27(17-9-12-25(33-2)20(28)13-17)30-22-6-4-3-5-21(22)29-23/h3-13,18,27,29-30H,14-15H2,1-2H3. The molecule has 2 atom stereocenters. The first-order chi connectivity index (χ1) is 16.1. The Morgan fingerprint density at radius 2 is 1.61 bits per heavy atom. The SMILES string of the molecule is COc1ccc(C2CC(=O)C3=C(C2)Nc2ccccc2NC3c2ccc(OC)c(Br)c2)cc1. The van der Waals surface area contributed by atoms with Gasteiger partial charge in [-0.3, -0.25) is 4.79 Å². The van der Waals surface area contributed by atoms with E-state index in [2.05, 4.69) is 38.7 Å². The van der Waals surface area contributed by atoms with Gasteiger partial charge in [-0.15, -0.1) is 0 Å². The number of anilines is 2. The number of carbonyl (C=O) groups is 1. The second kappa shape index (κ2) is 8.94. The van der Waals surface area contributed by atoms with E-state index in [9.17, 15) is 4.79 Å². The zero-order valence-corrected chi connectivity index (χ0v) is 20.1. The van der Waals surface area contributed by atoms with Crippen LogP contribution in [0.3, 0.4) is 0 Å². The van der Waals surface area contributed by atoms with Gasteiger partial charge in [-0.25, -0.2) is 0 Å². The Hall–Kier alpha value is -3.25. The van der Waals surface area contributed by atoms with E-state index < -0.39 is 0 Å². The Kier molecular flexibility index (Phi) is 5.85. The molecule has 0 spiro atoms. The predicted molar refractivity (Wildman–Crippen MR) is 134 cm³/mol. The van der Waals surface area contributed by atoms with Crippen LogP contribution in [0, 0.1) is 0 Å². The number of benzene rings is 3. The third kappa shape index (κ3) is 4.11. The topological polar surface area (TPSA) is 59.6 Å². The number of halogens is 1. The average Bonchev–Trinajstić information content (AvgIpc) is 3.01. The number of allylic oxidation sites excluding steroid dienone is 1. The molecule has 2 unspecified atom stereocenters. The van der Waals surface area contributed by atoms with Crippen molar-refractivity contribution < 1.29 is 14.3 Å². The highest BCUT2D eigenvalue weighted by atomic mass is 79.9. The number of ketones is 1. The summed E-state index contributed by atoms with van der Waals surface area (Å²) in [4.78, 5) is 13.6. The first-order valence-electron chi connectivity index (χ1n) is 10.9. The Balaban J connectivity index is 1.58. The van der Waals surface area contributed by atoms with Gasteiger partial charge in [0, 0.05) is 17.7 Å². The molecule has 1 aliphatic carbocycles. The van der Waals surface area contributed by atoms with E-state index in [1.54, 1.807) is 14.2 Å². The number of hydrogen-bond donors (Lipinski definition) is 2. The fourth-order valence-corrected chi connectivity index (χ4v) is 5.27. The summed E-state index contributed by atoms with van der Waals surface area (Å²) in [5.41, 5.74) is 5.87. The van der Waals surface area contributed by atoms with E-state index in [4.69, 9.17) is 9.47 Å². The van der Waals surface area contributed by atoms with Crippen molar-refractivity contribution in [1.29, 1.82) is 0 Å². The van der Waals surface area contributed by atoms with Gasteiger partial charge in [-0.1, -0.05) is 30.3 Å². The van der Waals surface area contributed by atoms with E-state index in [-0.39, 0.29) is 17.7 Å². The quantitative estimate of drug-likeness (QED) is 0.427. The zero-order chi connectivity index (χ0) is 22.9. The van der Waals surface area contributed by atoms with Gasteiger partial charge in [-0.05, 0) is 75.8 Å². The lowest BCUT2D eigenvalue weighted by molar-refractivity contribution is -0.116. The van der Waals surface area contributed by atoms with Crippen LogP contribution in [-0.2, 0) is 4.79 Å². The average molecular weight is 505 g/mol. The number of nitrogens with one attached hydrogen (secondary N) is 2. The van der Waals surface area contributed by atoms with Crippen molar-refractivity contribution in [2.75, 3.05) is 24.9 Å². The Labute approximate surface area is 201 Å².